The number of hydrogen-bond donors (Lipinski definition) is 2. The number of aromatic amines is 1. The van der Waals surface area contributed by atoms with Gasteiger partial charge in [0.1, 0.15) is 0 Å². The summed E-state index contributed by atoms with van der Waals surface area (Å²) in [5.41, 5.74) is 3.17. The molecule has 1 aliphatic carbocycles. The molecule has 4 rings (SSSR count). The molecule has 1 aliphatic rings. The third kappa shape index (κ3) is 3.45. The van der Waals surface area contributed by atoms with Gasteiger partial charge in [-0.15, -0.1) is 11.3 Å². The van der Waals surface area contributed by atoms with Gasteiger partial charge in [0.2, 0.25) is 0 Å². The number of nitrogens with one attached hydrogen (secondary N) is 2. The van der Waals surface area contributed by atoms with Gasteiger partial charge in [-0.05, 0) is 37.8 Å². The zero-order chi connectivity index (χ0) is 17.2. The Morgan fingerprint density at radius 2 is 1.96 bits per heavy atom. The molecule has 0 saturated carbocycles. The summed E-state index contributed by atoms with van der Waals surface area (Å²) >= 11 is 7.52. The molecule has 0 aliphatic heterocycles. The largest absolute Gasteiger partial charge is 0.298 e. The number of thiazole rings is 1. The number of anilines is 1. The van der Waals surface area contributed by atoms with Crippen molar-refractivity contribution in [3.05, 3.63) is 51.6 Å². The van der Waals surface area contributed by atoms with Crippen molar-refractivity contribution in [2.24, 2.45) is 0 Å². The molecule has 0 fully saturated rings. The summed E-state index contributed by atoms with van der Waals surface area (Å²) in [5, 5.41) is 11.2. The molecular formula is C18H17ClN4OS. The summed E-state index contributed by atoms with van der Waals surface area (Å²) in [4.78, 5) is 18.6. The Morgan fingerprint density at radius 1 is 1.16 bits per heavy atom. The molecule has 0 atom stereocenters. The lowest BCUT2D eigenvalue weighted by molar-refractivity contribution is 0.102. The normalized spacial score (nSPS) is 14.0. The highest BCUT2D eigenvalue weighted by atomic mass is 35.5. The van der Waals surface area contributed by atoms with E-state index in [2.05, 4.69) is 20.5 Å². The molecule has 25 heavy (non-hydrogen) atoms. The van der Waals surface area contributed by atoms with Gasteiger partial charge < -0.3 is 0 Å². The molecule has 2 N–H and O–H groups in total. The highest BCUT2D eigenvalue weighted by Crippen LogP contribution is 2.30. The number of hydrogen-bond acceptors (Lipinski definition) is 4. The van der Waals surface area contributed by atoms with E-state index in [0.29, 0.717) is 21.4 Å². The first-order valence-corrected chi connectivity index (χ1v) is 9.49. The molecular weight excluding hydrogens is 356 g/mol. The quantitative estimate of drug-likeness (QED) is 0.654. The number of carbonyl (C=O) groups is 1. The van der Waals surface area contributed by atoms with Crippen LogP contribution in [0.25, 0.3) is 11.3 Å². The van der Waals surface area contributed by atoms with Gasteiger partial charge in [0.25, 0.3) is 5.91 Å². The second kappa shape index (κ2) is 6.98. The molecule has 1 amide bonds. The van der Waals surface area contributed by atoms with Gasteiger partial charge in [-0.3, -0.25) is 15.2 Å². The highest BCUT2D eigenvalue weighted by Gasteiger charge is 2.19. The number of rotatable bonds is 3. The summed E-state index contributed by atoms with van der Waals surface area (Å²) in [6.45, 7) is 0. The topological polar surface area (TPSA) is 70.7 Å². The monoisotopic (exact) mass is 372 g/mol. The molecule has 128 valence electrons. The first-order chi connectivity index (χ1) is 12.2. The lowest BCUT2D eigenvalue weighted by Crippen LogP contribution is -2.12. The molecule has 0 bridgehead atoms. The Kier molecular flexibility index (Phi) is 4.55. The van der Waals surface area contributed by atoms with E-state index in [9.17, 15) is 4.79 Å². The van der Waals surface area contributed by atoms with E-state index in [1.807, 2.05) is 12.1 Å². The van der Waals surface area contributed by atoms with E-state index in [1.54, 1.807) is 23.5 Å². The molecule has 1 aromatic carbocycles. The summed E-state index contributed by atoms with van der Waals surface area (Å²) < 4.78 is 0. The van der Waals surface area contributed by atoms with E-state index in [1.165, 1.54) is 30.3 Å². The molecule has 0 saturated heterocycles. The van der Waals surface area contributed by atoms with Crippen molar-refractivity contribution in [1.29, 1.82) is 0 Å². The van der Waals surface area contributed by atoms with Crippen LogP contribution in [0.15, 0.2) is 30.5 Å². The Labute approximate surface area is 154 Å². The van der Waals surface area contributed by atoms with Crippen molar-refractivity contribution in [1.82, 2.24) is 15.2 Å². The van der Waals surface area contributed by atoms with Gasteiger partial charge in [0.05, 0.1) is 23.1 Å². The maximum absolute atomic E-state index is 12.7. The van der Waals surface area contributed by atoms with E-state index in [4.69, 9.17) is 11.6 Å². The number of aromatic nitrogens is 3. The van der Waals surface area contributed by atoms with Crippen LogP contribution in [0.5, 0.6) is 0 Å². The molecule has 5 nitrogen and oxygen atoms in total. The van der Waals surface area contributed by atoms with Crippen LogP contribution in [0.3, 0.4) is 0 Å². The maximum atomic E-state index is 12.7. The first kappa shape index (κ1) is 16.3. The number of halogens is 1. The molecule has 2 heterocycles. The summed E-state index contributed by atoms with van der Waals surface area (Å²) in [7, 11) is 0. The van der Waals surface area contributed by atoms with E-state index in [-0.39, 0.29) is 5.91 Å². The standard InChI is InChI=1S/C18H17ClN4OS/c19-12-8-6-11(7-9-12)16-13(10-20-23-16)17(24)22-18-21-14-4-2-1-3-5-15(14)25-18/h6-10H,1-5H2,(H,20,23)(H,21,22,24). The van der Waals surface area contributed by atoms with Gasteiger partial charge in [0.15, 0.2) is 5.13 Å². The lowest BCUT2D eigenvalue weighted by Gasteiger charge is -2.04. The smallest absolute Gasteiger partial charge is 0.261 e. The molecule has 2 aromatic heterocycles. The Hall–Kier alpha value is -2.18. The van der Waals surface area contributed by atoms with Gasteiger partial charge in [-0.2, -0.15) is 5.10 Å². The second-order valence-electron chi connectivity index (χ2n) is 6.07. The van der Waals surface area contributed by atoms with E-state index >= 15 is 0 Å². The SMILES string of the molecule is O=C(Nc1nc2c(s1)CCCCC2)c1cn[nH]c1-c1ccc(Cl)cc1. The average molecular weight is 373 g/mol. The molecule has 0 unspecified atom stereocenters. The minimum Gasteiger partial charge on any atom is -0.298 e. The Bertz CT molecular complexity index is 877. The molecule has 3 aromatic rings. The second-order valence-corrected chi connectivity index (χ2v) is 7.59. The summed E-state index contributed by atoms with van der Waals surface area (Å²) in [6, 6.07) is 7.30. The molecule has 0 radical (unpaired) electrons. The third-order valence-electron chi connectivity index (χ3n) is 4.33. The van der Waals surface area contributed by atoms with Crippen molar-refractivity contribution in [3.8, 4) is 11.3 Å². The number of H-pyrrole nitrogens is 1. The Morgan fingerprint density at radius 3 is 2.80 bits per heavy atom. The highest BCUT2D eigenvalue weighted by molar-refractivity contribution is 7.15. The number of fused-ring (bicyclic) bond motifs is 1. The minimum atomic E-state index is -0.206. The van der Waals surface area contributed by atoms with Crippen molar-refractivity contribution < 1.29 is 4.79 Å². The Balaban J connectivity index is 1.56. The summed E-state index contributed by atoms with van der Waals surface area (Å²) in [5.74, 6) is -0.206. The van der Waals surface area contributed by atoms with Gasteiger partial charge in [-0.1, -0.05) is 30.2 Å². The number of carbonyl (C=O) groups excluding carboxylic acids is 1. The number of nitrogens with zero attached hydrogens (tertiary/aromatic N) is 2. The van der Waals surface area contributed by atoms with Crippen molar-refractivity contribution >= 4 is 34.0 Å². The summed E-state index contributed by atoms with van der Waals surface area (Å²) in [6.07, 6.45) is 7.23. The van der Waals surface area contributed by atoms with Crippen LogP contribution in [0.1, 0.15) is 40.2 Å². The first-order valence-electron chi connectivity index (χ1n) is 8.30. The fraction of sp³-hybridized carbons (Fsp3) is 0.278. The van der Waals surface area contributed by atoms with Gasteiger partial charge in [0, 0.05) is 15.5 Å². The van der Waals surface area contributed by atoms with Crippen molar-refractivity contribution in [3.63, 3.8) is 0 Å². The fourth-order valence-electron chi connectivity index (χ4n) is 3.04. The number of aryl methyl sites for hydroxylation is 2. The lowest BCUT2D eigenvalue weighted by atomic mass is 10.1. The maximum Gasteiger partial charge on any atom is 0.261 e. The average Bonchev–Trinajstić information content (AvgIpc) is 3.18. The number of benzene rings is 1. The minimum absolute atomic E-state index is 0.206. The number of amides is 1. The van der Waals surface area contributed by atoms with Crippen LogP contribution in [0, 0.1) is 0 Å². The van der Waals surface area contributed by atoms with Crippen LogP contribution in [-0.2, 0) is 12.8 Å². The van der Waals surface area contributed by atoms with Crippen LogP contribution in [0.2, 0.25) is 5.02 Å². The predicted molar refractivity (Wildman–Crippen MR) is 100 cm³/mol. The van der Waals surface area contributed by atoms with Crippen molar-refractivity contribution in [2.45, 2.75) is 32.1 Å². The van der Waals surface area contributed by atoms with Crippen LogP contribution in [-0.4, -0.2) is 21.1 Å². The molecule has 7 heteroatoms. The van der Waals surface area contributed by atoms with E-state index in [0.717, 1.165) is 24.1 Å². The van der Waals surface area contributed by atoms with Gasteiger partial charge >= 0.3 is 0 Å². The predicted octanol–water partition coefficient (Wildman–Crippen LogP) is 4.71. The third-order valence-corrected chi connectivity index (χ3v) is 5.66. The molecule has 0 spiro atoms. The zero-order valence-corrected chi connectivity index (χ0v) is 15.1. The van der Waals surface area contributed by atoms with Gasteiger partial charge in [-0.25, -0.2) is 4.98 Å². The van der Waals surface area contributed by atoms with Crippen LogP contribution < -0.4 is 5.32 Å². The van der Waals surface area contributed by atoms with Crippen molar-refractivity contribution in [2.75, 3.05) is 5.32 Å². The van der Waals surface area contributed by atoms with E-state index < -0.39 is 0 Å². The van der Waals surface area contributed by atoms with Crippen LogP contribution >= 0.6 is 22.9 Å². The zero-order valence-electron chi connectivity index (χ0n) is 13.5. The fourth-order valence-corrected chi connectivity index (χ4v) is 4.21. The van der Waals surface area contributed by atoms with Crippen LogP contribution in [0.4, 0.5) is 5.13 Å².